The van der Waals surface area contributed by atoms with Crippen LogP contribution in [-0.4, -0.2) is 37.2 Å². The predicted octanol–water partition coefficient (Wildman–Crippen LogP) is 1.67. The molecule has 0 aromatic heterocycles. The van der Waals surface area contributed by atoms with E-state index in [0.717, 1.165) is 0 Å². The largest absolute Gasteiger partial charge is 0.484 e. The lowest BCUT2D eigenvalue weighted by atomic mass is 10.1. The van der Waals surface area contributed by atoms with E-state index in [1.165, 1.54) is 24.3 Å². The van der Waals surface area contributed by atoms with Gasteiger partial charge in [0, 0.05) is 11.8 Å². The van der Waals surface area contributed by atoms with Gasteiger partial charge in [0.2, 0.25) is 11.8 Å². The second-order valence-corrected chi connectivity index (χ2v) is 5.47. The van der Waals surface area contributed by atoms with Crippen molar-refractivity contribution in [1.29, 1.82) is 0 Å². The van der Waals surface area contributed by atoms with E-state index < -0.39 is 30.6 Å². The molecule has 6 nitrogen and oxygen atoms in total. The van der Waals surface area contributed by atoms with Crippen LogP contribution in [0.25, 0.3) is 0 Å². The number of carbonyl (C=O) groups excluding carboxylic acids is 2. The number of nitrogens with one attached hydrogen (secondary N) is 2. The molecule has 1 rings (SSSR count). The molecule has 1 aromatic carbocycles. The lowest BCUT2D eigenvalue weighted by molar-refractivity contribution is -0.153. The maximum Gasteiger partial charge on any atom is 0.422 e. The molecule has 0 aliphatic heterocycles. The Morgan fingerprint density at radius 1 is 1.29 bits per heavy atom. The first kappa shape index (κ1) is 19.8. The third-order valence-corrected chi connectivity index (χ3v) is 2.96. The van der Waals surface area contributed by atoms with Crippen molar-refractivity contribution in [3.63, 3.8) is 0 Å². The number of ether oxygens (including phenoxy) is 1. The highest BCUT2D eigenvalue weighted by molar-refractivity contribution is 5.95. The Kier molecular flexibility index (Phi) is 7.02. The van der Waals surface area contributed by atoms with Gasteiger partial charge in [0.1, 0.15) is 5.75 Å². The van der Waals surface area contributed by atoms with Gasteiger partial charge in [-0.25, -0.2) is 0 Å². The van der Waals surface area contributed by atoms with Gasteiger partial charge >= 0.3 is 6.18 Å². The molecule has 24 heavy (non-hydrogen) atoms. The zero-order valence-corrected chi connectivity index (χ0v) is 13.3. The second kappa shape index (κ2) is 8.53. The molecule has 0 fully saturated rings. The van der Waals surface area contributed by atoms with Crippen LogP contribution in [0.5, 0.6) is 5.75 Å². The van der Waals surface area contributed by atoms with E-state index in [9.17, 15) is 22.8 Å². The predicted molar refractivity (Wildman–Crippen MR) is 82.4 cm³/mol. The minimum Gasteiger partial charge on any atom is -0.484 e. The Hall–Kier alpha value is -2.29. The van der Waals surface area contributed by atoms with Crippen molar-refractivity contribution in [1.82, 2.24) is 5.32 Å². The standard InChI is InChI=1S/C15H20F3N3O3/c1-9(2)13(19)14(23)20-7-12(22)21-10-4-3-5-11(6-10)24-8-15(16,17)18/h3-6,9,13H,7-8,19H2,1-2H3,(H,20,23)(H,21,22)/t13-/m0/s1. The van der Waals surface area contributed by atoms with Crippen molar-refractivity contribution in [2.45, 2.75) is 26.1 Å². The highest BCUT2D eigenvalue weighted by atomic mass is 19.4. The molecular formula is C15H20F3N3O3. The topological polar surface area (TPSA) is 93.5 Å². The van der Waals surface area contributed by atoms with Gasteiger partial charge in [-0.05, 0) is 18.1 Å². The quantitative estimate of drug-likeness (QED) is 0.699. The van der Waals surface area contributed by atoms with E-state index >= 15 is 0 Å². The molecule has 0 saturated carbocycles. The van der Waals surface area contributed by atoms with Crippen LogP contribution in [0.3, 0.4) is 0 Å². The molecule has 4 N–H and O–H groups in total. The Morgan fingerprint density at radius 2 is 1.96 bits per heavy atom. The number of nitrogens with two attached hydrogens (primary N) is 1. The fraction of sp³-hybridized carbons (Fsp3) is 0.467. The molecule has 1 atom stereocenters. The summed E-state index contributed by atoms with van der Waals surface area (Å²) in [5, 5.41) is 4.83. The van der Waals surface area contributed by atoms with E-state index in [0.29, 0.717) is 0 Å². The minimum absolute atomic E-state index is 0.0315. The van der Waals surface area contributed by atoms with Gasteiger partial charge < -0.3 is 21.1 Å². The summed E-state index contributed by atoms with van der Waals surface area (Å²) in [5.74, 6) is -1.10. The molecule has 9 heteroatoms. The number of amides is 2. The number of alkyl halides is 3. The van der Waals surface area contributed by atoms with E-state index in [4.69, 9.17) is 5.73 Å². The van der Waals surface area contributed by atoms with Crippen LogP contribution in [0.1, 0.15) is 13.8 Å². The molecule has 134 valence electrons. The summed E-state index contributed by atoms with van der Waals surface area (Å²) in [5.41, 5.74) is 5.89. The van der Waals surface area contributed by atoms with Crippen LogP contribution in [0.15, 0.2) is 24.3 Å². The summed E-state index contributed by atoms with van der Waals surface area (Å²) in [7, 11) is 0. The SMILES string of the molecule is CC(C)[C@H](N)C(=O)NCC(=O)Nc1cccc(OCC(F)(F)F)c1. The van der Waals surface area contributed by atoms with E-state index in [1.807, 2.05) is 0 Å². The summed E-state index contributed by atoms with van der Waals surface area (Å²) in [6.45, 7) is 1.83. The molecule has 0 unspecified atom stereocenters. The lowest BCUT2D eigenvalue weighted by Crippen LogP contribution is -2.46. The zero-order chi connectivity index (χ0) is 18.3. The van der Waals surface area contributed by atoms with Crippen molar-refractivity contribution in [3.8, 4) is 5.75 Å². The van der Waals surface area contributed by atoms with E-state index in [2.05, 4.69) is 15.4 Å². The summed E-state index contributed by atoms with van der Waals surface area (Å²) < 4.78 is 40.9. The van der Waals surface area contributed by atoms with Crippen LogP contribution in [0.4, 0.5) is 18.9 Å². The fourth-order valence-electron chi connectivity index (χ4n) is 1.62. The number of anilines is 1. The Bertz CT molecular complexity index is 577. The molecule has 0 aliphatic rings. The fourth-order valence-corrected chi connectivity index (χ4v) is 1.62. The first-order valence-corrected chi connectivity index (χ1v) is 7.21. The summed E-state index contributed by atoms with van der Waals surface area (Å²) >= 11 is 0. The Balaban J connectivity index is 2.51. The lowest BCUT2D eigenvalue weighted by Gasteiger charge is -2.15. The van der Waals surface area contributed by atoms with E-state index in [-0.39, 0.29) is 23.9 Å². The monoisotopic (exact) mass is 347 g/mol. The molecule has 0 radical (unpaired) electrons. The molecule has 0 saturated heterocycles. The highest BCUT2D eigenvalue weighted by Gasteiger charge is 2.28. The number of hydrogen-bond acceptors (Lipinski definition) is 4. The van der Waals surface area contributed by atoms with Crippen LogP contribution >= 0.6 is 0 Å². The first-order valence-electron chi connectivity index (χ1n) is 7.21. The van der Waals surface area contributed by atoms with Crippen LogP contribution < -0.4 is 21.1 Å². The number of benzene rings is 1. The van der Waals surface area contributed by atoms with Gasteiger partial charge in [-0.2, -0.15) is 13.2 Å². The van der Waals surface area contributed by atoms with Gasteiger partial charge in [0.15, 0.2) is 6.61 Å². The van der Waals surface area contributed by atoms with Crippen LogP contribution in [-0.2, 0) is 9.59 Å². The Labute approximate surface area is 137 Å². The summed E-state index contributed by atoms with van der Waals surface area (Å²) in [6, 6.07) is 4.79. The minimum atomic E-state index is -4.45. The van der Waals surface area contributed by atoms with Crippen molar-refractivity contribution < 1.29 is 27.5 Å². The number of carbonyl (C=O) groups is 2. The number of hydrogen-bond donors (Lipinski definition) is 3. The van der Waals surface area contributed by atoms with E-state index in [1.54, 1.807) is 13.8 Å². The smallest absolute Gasteiger partial charge is 0.422 e. The zero-order valence-electron chi connectivity index (χ0n) is 13.3. The Morgan fingerprint density at radius 3 is 2.54 bits per heavy atom. The van der Waals surface area contributed by atoms with Gasteiger partial charge in [-0.15, -0.1) is 0 Å². The maximum absolute atomic E-state index is 12.1. The molecule has 0 spiro atoms. The molecular weight excluding hydrogens is 327 g/mol. The third kappa shape index (κ3) is 7.32. The molecule has 0 bridgehead atoms. The van der Waals surface area contributed by atoms with Gasteiger partial charge in [-0.3, -0.25) is 9.59 Å². The average molecular weight is 347 g/mol. The van der Waals surface area contributed by atoms with Crippen LogP contribution in [0.2, 0.25) is 0 Å². The first-order chi connectivity index (χ1) is 11.1. The van der Waals surface area contributed by atoms with Crippen molar-refractivity contribution in [2.24, 2.45) is 11.7 Å². The highest BCUT2D eigenvalue weighted by Crippen LogP contribution is 2.21. The maximum atomic E-state index is 12.1. The van der Waals surface area contributed by atoms with Gasteiger partial charge in [-0.1, -0.05) is 19.9 Å². The number of rotatable bonds is 7. The number of halogens is 3. The van der Waals surface area contributed by atoms with Crippen LogP contribution in [0, 0.1) is 5.92 Å². The van der Waals surface area contributed by atoms with Crippen molar-refractivity contribution >= 4 is 17.5 Å². The normalized spacial score (nSPS) is 12.6. The van der Waals surface area contributed by atoms with Gasteiger partial charge in [0.05, 0.1) is 12.6 Å². The third-order valence-electron chi connectivity index (χ3n) is 2.96. The van der Waals surface area contributed by atoms with Gasteiger partial charge in [0.25, 0.3) is 0 Å². The molecule has 1 aromatic rings. The van der Waals surface area contributed by atoms with Crippen molar-refractivity contribution in [2.75, 3.05) is 18.5 Å². The average Bonchev–Trinajstić information content (AvgIpc) is 2.49. The molecule has 0 heterocycles. The summed E-state index contributed by atoms with van der Waals surface area (Å²) in [6.07, 6.45) is -4.45. The molecule has 0 aliphatic carbocycles. The summed E-state index contributed by atoms with van der Waals surface area (Å²) in [4.78, 5) is 23.4. The molecule has 2 amide bonds. The second-order valence-electron chi connectivity index (χ2n) is 5.47. The van der Waals surface area contributed by atoms with Crippen molar-refractivity contribution in [3.05, 3.63) is 24.3 Å².